The highest BCUT2D eigenvalue weighted by Crippen LogP contribution is 2.16. The zero-order chi connectivity index (χ0) is 13.7. The summed E-state index contributed by atoms with van der Waals surface area (Å²) in [7, 11) is 3.33. The van der Waals surface area contributed by atoms with Crippen molar-refractivity contribution in [2.45, 2.75) is 19.4 Å². The van der Waals surface area contributed by atoms with E-state index in [1.807, 2.05) is 6.92 Å². The maximum Gasteiger partial charge on any atom is 0.255 e. The lowest BCUT2D eigenvalue weighted by Gasteiger charge is -2.16. The van der Waals surface area contributed by atoms with Gasteiger partial charge in [0.1, 0.15) is 0 Å². The van der Waals surface area contributed by atoms with Crippen LogP contribution in [0.25, 0.3) is 0 Å². The van der Waals surface area contributed by atoms with Crippen molar-refractivity contribution in [3.05, 3.63) is 29.8 Å². The molecule has 0 aromatic heterocycles. The van der Waals surface area contributed by atoms with Crippen LogP contribution < -0.4 is 11.1 Å². The molecular weight excluding hydrogens is 230 g/mol. The molecule has 1 unspecified atom stereocenters. The number of nitrogens with zero attached hydrogens (tertiary/aromatic N) is 1. The molecule has 1 atom stereocenters. The minimum Gasteiger partial charge on any atom is -0.345 e. The van der Waals surface area contributed by atoms with E-state index in [0.29, 0.717) is 17.7 Å². The van der Waals surface area contributed by atoms with Crippen LogP contribution in [0.2, 0.25) is 0 Å². The first-order valence-corrected chi connectivity index (χ1v) is 5.84. The number of nitrogens with one attached hydrogen (secondary N) is 1. The highest BCUT2D eigenvalue weighted by molar-refractivity contribution is 6.04. The molecule has 0 heterocycles. The van der Waals surface area contributed by atoms with Crippen molar-refractivity contribution in [1.82, 2.24) is 4.90 Å². The van der Waals surface area contributed by atoms with Gasteiger partial charge >= 0.3 is 0 Å². The van der Waals surface area contributed by atoms with E-state index < -0.39 is 6.04 Å². The van der Waals surface area contributed by atoms with Gasteiger partial charge in [0.15, 0.2) is 0 Å². The average Bonchev–Trinajstić information content (AvgIpc) is 2.37. The summed E-state index contributed by atoms with van der Waals surface area (Å²) in [5.74, 6) is -0.438. The zero-order valence-corrected chi connectivity index (χ0v) is 10.9. The predicted octanol–water partition coefficient (Wildman–Crippen LogP) is 1.06. The average molecular weight is 249 g/mol. The Labute approximate surface area is 107 Å². The first kappa shape index (κ1) is 14.2. The first-order chi connectivity index (χ1) is 8.47. The lowest BCUT2D eigenvalue weighted by atomic mass is 10.1. The first-order valence-electron chi connectivity index (χ1n) is 5.84. The molecule has 18 heavy (non-hydrogen) atoms. The van der Waals surface area contributed by atoms with Crippen LogP contribution in [0.15, 0.2) is 24.3 Å². The highest BCUT2D eigenvalue weighted by Gasteiger charge is 2.16. The molecule has 0 saturated heterocycles. The third-order valence-electron chi connectivity index (χ3n) is 2.60. The molecule has 2 amide bonds. The standard InChI is InChI=1S/C13H19N3O2/c1-4-10(14)12(17)15-11-8-6-5-7-9(11)13(18)16(2)3/h5-8,10H,4,14H2,1-3H3,(H,15,17). The molecule has 5 nitrogen and oxygen atoms in total. The highest BCUT2D eigenvalue weighted by atomic mass is 16.2. The molecule has 3 N–H and O–H groups in total. The summed E-state index contributed by atoms with van der Waals surface area (Å²) in [6.45, 7) is 1.83. The summed E-state index contributed by atoms with van der Waals surface area (Å²) in [6.07, 6.45) is 0.551. The van der Waals surface area contributed by atoms with Crippen LogP contribution in [-0.4, -0.2) is 36.9 Å². The monoisotopic (exact) mass is 249 g/mol. The molecule has 0 aliphatic carbocycles. The Kier molecular flexibility index (Phi) is 4.85. The SMILES string of the molecule is CCC(N)C(=O)Nc1ccccc1C(=O)N(C)C. The van der Waals surface area contributed by atoms with Gasteiger partial charge in [0.2, 0.25) is 5.91 Å². The predicted molar refractivity (Wildman–Crippen MR) is 71.4 cm³/mol. The maximum absolute atomic E-state index is 11.9. The van der Waals surface area contributed by atoms with Gasteiger partial charge in [-0.1, -0.05) is 19.1 Å². The third kappa shape index (κ3) is 3.30. The summed E-state index contributed by atoms with van der Waals surface area (Å²) < 4.78 is 0. The minimum absolute atomic E-state index is 0.157. The Morgan fingerprint density at radius 1 is 1.33 bits per heavy atom. The lowest BCUT2D eigenvalue weighted by molar-refractivity contribution is -0.117. The van der Waals surface area contributed by atoms with E-state index in [9.17, 15) is 9.59 Å². The second kappa shape index (κ2) is 6.16. The Bertz CT molecular complexity index is 444. The van der Waals surface area contributed by atoms with Crippen LogP contribution >= 0.6 is 0 Å². The van der Waals surface area contributed by atoms with E-state index in [-0.39, 0.29) is 11.8 Å². The molecule has 0 radical (unpaired) electrons. The van der Waals surface area contributed by atoms with Gasteiger partial charge in [-0.2, -0.15) is 0 Å². The summed E-state index contributed by atoms with van der Waals surface area (Å²) in [5.41, 5.74) is 6.59. The summed E-state index contributed by atoms with van der Waals surface area (Å²) >= 11 is 0. The number of carbonyl (C=O) groups excluding carboxylic acids is 2. The van der Waals surface area contributed by atoms with Crippen molar-refractivity contribution in [3.8, 4) is 0 Å². The fourth-order valence-corrected chi connectivity index (χ4v) is 1.43. The van der Waals surface area contributed by atoms with Gasteiger partial charge in [-0.3, -0.25) is 9.59 Å². The number of benzene rings is 1. The van der Waals surface area contributed by atoms with Crippen LogP contribution in [0.1, 0.15) is 23.7 Å². The number of para-hydroxylation sites is 1. The Balaban J connectivity index is 2.96. The number of carbonyl (C=O) groups is 2. The lowest BCUT2D eigenvalue weighted by Crippen LogP contribution is -2.35. The summed E-state index contributed by atoms with van der Waals surface area (Å²) in [5, 5.41) is 2.69. The van der Waals surface area contributed by atoms with Crippen molar-refractivity contribution < 1.29 is 9.59 Å². The largest absolute Gasteiger partial charge is 0.345 e. The summed E-state index contributed by atoms with van der Waals surface area (Å²) in [6, 6.07) is 6.32. The number of anilines is 1. The molecule has 5 heteroatoms. The van der Waals surface area contributed by atoms with Crippen molar-refractivity contribution in [2.75, 3.05) is 19.4 Å². The number of amides is 2. The second-order valence-electron chi connectivity index (χ2n) is 4.25. The van der Waals surface area contributed by atoms with Gasteiger partial charge < -0.3 is 16.0 Å². The second-order valence-corrected chi connectivity index (χ2v) is 4.25. The van der Waals surface area contributed by atoms with Crippen molar-refractivity contribution in [1.29, 1.82) is 0 Å². The van der Waals surface area contributed by atoms with Gasteiger partial charge in [0, 0.05) is 14.1 Å². The van der Waals surface area contributed by atoms with Crippen molar-refractivity contribution in [2.24, 2.45) is 5.73 Å². The number of nitrogens with two attached hydrogens (primary N) is 1. The molecule has 0 saturated carbocycles. The molecule has 0 spiro atoms. The Morgan fingerprint density at radius 3 is 2.50 bits per heavy atom. The molecule has 1 rings (SSSR count). The third-order valence-corrected chi connectivity index (χ3v) is 2.60. The van der Waals surface area contributed by atoms with Crippen LogP contribution in [0.4, 0.5) is 5.69 Å². The number of hydrogen-bond donors (Lipinski definition) is 2. The minimum atomic E-state index is -0.562. The zero-order valence-electron chi connectivity index (χ0n) is 10.9. The molecule has 0 aliphatic rings. The Morgan fingerprint density at radius 2 is 1.94 bits per heavy atom. The number of rotatable bonds is 4. The van der Waals surface area contributed by atoms with Crippen molar-refractivity contribution >= 4 is 17.5 Å². The normalized spacial score (nSPS) is 11.8. The van der Waals surface area contributed by atoms with E-state index in [1.165, 1.54) is 4.90 Å². The van der Waals surface area contributed by atoms with Crippen LogP contribution in [-0.2, 0) is 4.79 Å². The van der Waals surface area contributed by atoms with E-state index in [2.05, 4.69) is 5.32 Å². The Hall–Kier alpha value is -1.88. The molecule has 0 aliphatic heterocycles. The summed E-state index contributed by atoms with van der Waals surface area (Å²) in [4.78, 5) is 25.1. The fraction of sp³-hybridized carbons (Fsp3) is 0.385. The maximum atomic E-state index is 11.9. The van der Waals surface area contributed by atoms with Gasteiger partial charge in [0.25, 0.3) is 5.91 Å². The fourth-order valence-electron chi connectivity index (χ4n) is 1.43. The van der Waals surface area contributed by atoms with E-state index in [1.54, 1.807) is 38.4 Å². The topological polar surface area (TPSA) is 75.4 Å². The van der Waals surface area contributed by atoms with Crippen LogP contribution in [0.5, 0.6) is 0 Å². The van der Waals surface area contributed by atoms with E-state index >= 15 is 0 Å². The number of hydrogen-bond acceptors (Lipinski definition) is 3. The van der Waals surface area contributed by atoms with Gasteiger partial charge in [0.05, 0.1) is 17.3 Å². The molecule has 1 aromatic rings. The quantitative estimate of drug-likeness (QED) is 0.838. The molecule has 98 valence electrons. The molecule has 1 aromatic carbocycles. The van der Waals surface area contributed by atoms with Gasteiger partial charge in [-0.25, -0.2) is 0 Å². The van der Waals surface area contributed by atoms with Gasteiger partial charge in [-0.05, 0) is 18.6 Å². The van der Waals surface area contributed by atoms with E-state index in [0.717, 1.165) is 0 Å². The van der Waals surface area contributed by atoms with Gasteiger partial charge in [-0.15, -0.1) is 0 Å². The van der Waals surface area contributed by atoms with Crippen LogP contribution in [0.3, 0.4) is 0 Å². The molecular formula is C13H19N3O2. The van der Waals surface area contributed by atoms with Crippen LogP contribution in [0, 0.1) is 0 Å². The van der Waals surface area contributed by atoms with Crippen molar-refractivity contribution in [3.63, 3.8) is 0 Å². The van der Waals surface area contributed by atoms with E-state index in [4.69, 9.17) is 5.73 Å². The molecule has 0 fully saturated rings. The smallest absolute Gasteiger partial charge is 0.255 e. The molecule has 0 bridgehead atoms.